The maximum Gasteiger partial charge on any atom is 0.234 e. The highest BCUT2D eigenvalue weighted by Crippen LogP contribution is 2.54. The van der Waals surface area contributed by atoms with Crippen LogP contribution in [-0.2, 0) is 16.1 Å². The Morgan fingerprint density at radius 2 is 2.30 bits per heavy atom. The molecule has 0 spiro atoms. The van der Waals surface area contributed by atoms with Gasteiger partial charge in [0.1, 0.15) is 0 Å². The van der Waals surface area contributed by atoms with Crippen LogP contribution in [0.3, 0.4) is 0 Å². The lowest BCUT2D eigenvalue weighted by Gasteiger charge is -2.34. The second-order valence-corrected chi connectivity index (χ2v) is 6.94. The van der Waals surface area contributed by atoms with Gasteiger partial charge in [0, 0.05) is 29.1 Å². The molecule has 9 heteroatoms. The monoisotopic (exact) mass is 339 g/mol. The molecule has 2 N–H and O–H groups in total. The molecule has 0 radical (unpaired) electrons. The van der Waals surface area contributed by atoms with Crippen LogP contribution < -0.4 is 14.8 Å². The van der Waals surface area contributed by atoms with Gasteiger partial charge in [-0.15, -0.1) is 0 Å². The van der Waals surface area contributed by atoms with Crippen molar-refractivity contribution in [1.82, 2.24) is 14.7 Å². The van der Waals surface area contributed by atoms with E-state index in [1.165, 1.54) is 7.11 Å². The summed E-state index contributed by atoms with van der Waals surface area (Å²) >= 11 is -2.39. The molecule has 0 aromatic carbocycles. The third kappa shape index (κ3) is 3.08. The highest BCUT2D eigenvalue weighted by molar-refractivity contribution is 7.77. The molecule has 126 valence electrons. The van der Waals surface area contributed by atoms with Crippen LogP contribution in [0.25, 0.3) is 0 Å². The van der Waals surface area contributed by atoms with Crippen LogP contribution in [0.1, 0.15) is 31.4 Å². The minimum Gasteiger partial charge on any atom is -0.760 e. The number of nitrogens with zero attached hydrogens (tertiary/aromatic N) is 2. The van der Waals surface area contributed by atoms with Crippen molar-refractivity contribution in [1.29, 1.82) is 0 Å². The van der Waals surface area contributed by atoms with E-state index in [0.717, 1.165) is 6.42 Å². The fourth-order valence-electron chi connectivity index (χ4n) is 3.83. The van der Waals surface area contributed by atoms with Crippen molar-refractivity contribution < 1.29 is 18.3 Å². The Morgan fingerprint density at radius 1 is 1.52 bits per heavy atom. The Hall–Kier alpha value is -1.58. The number of anilines is 1. The van der Waals surface area contributed by atoms with Crippen molar-refractivity contribution in [3.8, 4) is 5.88 Å². The van der Waals surface area contributed by atoms with Crippen molar-refractivity contribution in [3.05, 3.63) is 11.8 Å². The van der Waals surface area contributed by atoms with Crippen molar-refractivity contribution in [3.63, 3.8) is 0 Å². The smallest absolute Gasteiger partial charge is 0.234 e. The lowest BCUT2D eigenvalue weighted by Crippen LogP contribution is -2.49. The van der Waals surface area contributed by atoms with Crippen LogP contribution in [0.2, 0.25) is 0 Å². The molecule has 8 nitrogen and oxygen atoms in total. The molecule has 2 fully saturated rings. The molecule has 2 aliphatic rings. The summed E-state index contributed by atoms with van der Waals surface area (Å²) in [5, 5.41) is 2.74. The van der Waals surface area contributed by atoms with E-state index in [0.29, 0.717) is 36.8 Å². The average molecular weight is 339 g/mol. The van der Waals surface area contributed by atoms with Gasteiger partial charge in [-0.1, -0.05) is 0 Å². The van der Waals surface area contributed by atoms with Crippen LogP contribution in [0, 0.1) is 18.3 Å². The first-order valence-corrected chi connectivity index (χ1v) is 8.57. The Labute approximate surface area is 136 Å². The minimum atomic E-state index is -2.39. The molecule has 4 unspecified atom stereocenters. The molecule has 2 aliphatic carbocycles. The standard InChI is InChI=1S/C14H20N4O4S/c1-8-5-11(22-2)16-13(15-8)17-12(19)14-4-3-9(7-14)6-10(14)18-23(20)21/h5,9-10,18H,3-4,6-7H2,1-2H3,(H,20,21)(H,15,16,17,19)/p-1. The highest BCUT2D eigenvalue weighted by atomic mass is 32.2. The van der Waals surface area contributed by atoms with Gasteiger partial charge in [-0.3, -0.25) is 14.3 Å². The SMILES string of the molecule is COc1cc(C)nc(NC(=O)C23CCC(CC2NS(=O)[O-])C3)n1. The number of aryl methyl sites for hydroxylation is 1. The maximum atomic E-state index is 12.8. The number of carbonyl (C=O) groups excluding carboxylic acids is 1. The van der Waals surface area contributed by atoms with Gasteiger partial charge in [-0.2, -0.15) is 4.98 Å². The maximum absolute atomic E-state index is 12.8. The molecule has 3 rings (SSSR count). The van der Waals surface area contributed by atoms with Gasteiger partial charge in [-0.25, -0.2) is 9.71 Å². The number of carbonyl (C=O) groups is 1. The predicted molar refractivity (Wildman–Crippen MR) is 82.2 cm³/mol. The van der Waals surface area contributed by atoms with Crippen LogP contribution in [0.5, 0.6) is 5.88 Å². The normalized spacial score (nSPS) is 30.2. The van der Waals surface area contributed by atoms with Crippen molar-refractivity contribution in [2.45, 2.75) is 38.6 Å². The molecule has 4 atom stereocenters. The van der Waals surface area contributed by atoms with Gasteiger partial charge in [0.05, 0.1) is 12.5 Å². The second kappa shape index (κ2) is 6.14. The summed E-state index contributed by atoms with van der Waals surface area (Å²) in [5.74, 6) is 0.706. The Morgan fingerprint density at radius 3 is 2.96 bits per heavy atom. The van der Waals surface area contributed by atoms with Crippen LogP contribution in [-0.4, -0.2) is 37.8 Å². The largest absolute Gasteiger partial charge is 0.760 e. The first-order valence-electron chi connectivity index (χ1n) is 7.49. The first kappa shape index (κ1) is 16.3. The van der Waals surface area contributed by atoms with E-state index in [1.807, 2.05) is 0 Å². The summed E-state index contributed by atoms with van der Waals surface area (Å²) in [7, 11) is 1.49. The number of hydrogen-bond donors (Lipinski definition) is 2. The summed E-state index contributed by atoms with van der Waals surface area (Å²) in [5.41, 5.74) is -0.0406. The molecular weight excluding hydrogens is 320 g/mol. The summed E-state index contributed by atoms with van der Waals surface area (Å²) in [6.45, 7) is 1.78. The molecule has 2 saturated carbocycles. The van der Waals surface area contributed by atoms with E-state index in [4.69, 9.17) is 4.74 Å². The third-order valence-corrected chi connectivity index (χ3v) is 5.32. The zero-order valence-electron chi connectivity index (χ0n) is 13.0. The number of fused-ring (bicyclic) bond motifs is 2. The quantitative estimate of drug-likeness (QED) is 0.762. The topological polar surface area (TPSA) is 116 Å². The number of rotatable bonds is 5. The summed E-state index contributed by atoms with van der Waals surface area (Å²) < 4.78 is 29.6. The number of hydrogen-bond acceptors (Lipinski definition) is 6. The molecule has 1 aromatic rings. The van der Waals surface area contributed by atoms with Crippen molar-refractivity contribution >= 4 is 23.1 Å². The Balaban J connectivity index is 1.81. The van der Waals surface area contributed by atoms with Crippen molar-refractivity contribution in [2.24, 2.45) is 11.3 Å². The molecule has 2 bridgehead atoms. The molecule has 0 aliphatic heterocycles. The Bertz CT molecular complexity index is 656. The average Bonchev–Trinajstić information content (AvgIpc) is 3.05. The Kier molecular flexibility index (Phi) is 4.35. The predicted octanol–water partition coefficient (Wildman–Crippen LogP) is 0.675. The van der Waals surface area contributed by atoms with E-state index < -0.39 is 16.7 Å². The molecule has 0 saturated heterocycles. The van der Waals surface area contributed by atoms with Crippen molar-refractivity contribution in [2.75, 3.05) is 12.4 Å². The van der Waals surface area contributed by atoms with Gasteiger partial charge >= 0.3 is 0 Å². The molecular formula is C14H19N4O4S-. The zero-order valence-corrected chi connectivity index (χ0v) is 13.8. The molecule has 1 aromatic heterocycles. The molecule has 1 heterocycles. The number of ether oxygens (including phenoxy) is 1. The van der Waals surface area contributed by atoms with E-state index in [9.17, 15) is 13.6 Å². The van der Waals surface area contributed by atoms with E-state index in [-0.39, 0.29) is 17.9 Å². The summed E-state index contributed by atoms with van der Waals surface area (Å²) in [4.78, 5) is 21.1. The fourth-order valence-corrected chi connectivity index (χ4v) is 4.38. The molecule has 23 heavy (non-hydrogen) atoms. The second-order valence-electron chi connectivity index (χ2n) is 6.24. The lowest BCUT2D eigenvalue weighted by molar-refractivity contribution is -0.126. The zero-order chi connectivity index (χ0) is 16.6. The van der Waals surface area contributed by atoms with Crippen LogP contribution in [0.4, 0.5) is 5.95 Å². The van der Waals surface area contributed by atoms with E-state index in [2.05, 4.69) is 20.0 Å². The van der Waals surface area contributed by atoms with Gasteiger partial charge in [0.15, 0.2) is 0 Å². The number of amides is 1. The van der Waals surface area contributed by atoms with Gasteiger partial charge in [0.25, 0.3) is 0 Å². The van der Waals surface area contributed by atoms with E-state index in [1.54, 1.807) is 13.0 Å². The summed E-state index contributed by atoms with van der Waals surface area (Å²) in [6, 6.07) is 1.30. The number of methoxy groups -OCH3 is 1. The highest BCUT2D eigenvalue weighted by Gasteiger charge is 2.56. The van der Waals surface area contributed by atoms with Gasteiger partial charge in [-0.05, 0) is 38.5 Å². The van der Waals surface area contributed by atoms with Crippen LogP contribution in [0.15, 0.2) is 6.07 Å². The van der Waals surface area contributed by atoms with Gasteiger partial charge in [0.2, 0.25) is 17.7 Å². The minimum absolute atomic E-state index is 0.179. The van der Waals surface area contributed by atoms with Gasteiger partial charge < -0.3 is 9.29 Å². The first-order chi connectivity index (χ1) is 10.9. The molecule has 1 amide bonds. The van der Waals surface area contributed by atoms with Crippen LogP contribution >= 0.6 is 0 Å². The third-order valence-electron chi connectivity index (χ3n) is 4.84. The number of aromatic nitrogens is 2. The van der Waals surface area contributed by atoms with E-state index >= 15 is 0 Å². The summed E-state index contributed by atoms with van der Waals surface area (Å²) in [6.07, 6.45) is 2.99. The fraction of sp³-hybridized carbons (Fsp3) is 0.643. The lowest BCUT2D eigenvalue weighted by atomic mass is 9.79. The number of nitrogens with one attached hydrogen (secondary N) is 2.